The number of carbonyl (C=O) groups is 2. The van der Waals surface area contributed by atoms with Gasteiger partial charge in [0.25, 0.3) is 5.91 Å². The number of carbonyl (C=O) groups excluding carboxylic acids is 1. The number of amides is 1. The molecule has 5 heteroatoms. The van der Waals surface area contributed by atoms with Gasteiger partial charge >= 0.3 is 5.97 Å². The topological polar surface area (TPSA) is 70.0 Å². The van der Waals surface area contributed by atoms with Crippen LogP contribution in [0.2, 0.25) is 0 Å². The Morgan fingerprint density at radius 3 is 2.46 bits per heavy atom. The van der Waals surface area contributed by atoms with E-state index in [0.29, 0.717) is 17.9 Å². The van der Waals surface area contributed by atoms with Crippen molar-refractivity contribution in [3.8, 4) is 0 Å². The number of nitrogens with zero attached hydrogens (tertiary/aromatic N) is 2. The Morgan fingerprint density at radius 2 is 1.83 bits per heavy atom. The van der Waals surface area contributed by atoms with Crippen LogP contribution in [0.5, 0.6) is 0 Å². The maximum absolute atomic E-state index is 12.7. The fourth-order valence-corrected chi connectivity index (χ4v) is 2.60. The Kier molecular flexibility index (Phi) is 4.00. The SMILES string of the molecule is C=C(C)CN1C(=O)C(=Nc2ccc(C(=O)O)cc2)c2ccccc21. The molecule has 1 aliphatic rings. The Balaban J connectivity index is 2.02. The third-order valence-electron chi connectivity index (χ3n) is 3.68. The van der Waals surface area contributed by atoms with Gasteiger partial charge in [0.2, 0.25) is 0 Å². The molecule has 0 aliphatic carbocycles. The first-order valence-corrected chi connectivity index (χ1v) is 7.45. The van der Waals surface area contributed by atoms with E-state index in [4.69, 9.17) is 5.11 Å². The third-order valence-corrected chi connectivity index (χ3v) is 3.68. The molecule has 1 N–H and O–H groups in total. The van der Waals surface area contributed by atoms with Crippen molar-refractivity contribution in [3.05, 3.63) is 71.8 Å². The second kappa shape index (κ2) is 6.12. The fraction of sp³-hybridized carbons (Fsp3) is 0.105. The average molecular weight is 320 g/mol. The van der Waals surface area contributed by atoms with Gasteiger partial charge in [-0.05, 0) is 37.3 Å². The van der Waals surface area contributed by atoms with Crippen LogP contribution in [0.3, 0.4) is 0 Å². The number of fused-ring (bicyclic) bond motifs is 1. The summed E-state index contributed by atoms with van der Waals surface area (Å²) in [4.78, 5) is 29.7. The van der Waals surface area contributed by atoms with Crippen molar-refractivity contribution >= 4 is 29.0 Å². The minimum absolute atomic E-state index is 0.179. The van der Waals surface area contributed by atoms with E-state index in [0.717, 1.165) is 16.8 Å². The summed E-state index contributed by atoms with van der Waals surface area (Å²) in [6.07, 6.45) is 0. The number of benzene rings is 2. The molecule has 0 bridgehead atoms. The molecule has 5 nitrogen and oxygen atoms in total. The summed E-state index contributed by atoms with van der Waals surface area (Å²) in [5.41, 5.74) is 3.54. The van der Waals surface area contributed by atoms with Crippen LogP contribution in [0, 0.1) is 0 Å². The van der Waals surface area contributed by atoms with Gasteiger partial charge in [-0.3, -0.25) is 4.79 Å². The minimum Gasteiger partial charge on any atom is -0.478 e. The molecule has 0 radical (unpaired) electrons. The first kappa shape index (κ1) is 15.7. The van der Waals surface area contributed by atoms with Crippen LogP contribution in [0.25, 0.3) is 0 Å². The first-order chi connectivity index (χ1) is 11.5. The number of carboxylic acids is 1. The number of rotatable bonds is 4. The van der Waals surface area contributed by atoms with Gasteiger partial charge in [-0.15, -0.1) is 0 Å². The highest BCUT2D eigenvalue weighted by atomic mass is 16.4. The monoisotopic (exact) mass is 320 g/mol. The van der Waals surface area contributed by atoms with Crippen molar-refractivity contribution < 1.29 is 14.7 Å². The number of aliphatic imine (C=N–C) groups is 1. The van der Waals surface area contributed by atoms with Crippen LogP contribution in [0.1, 0.15) is 22.8 Å². The van der Waals surface area contributed by atoms with Crippen LogP contribution in [0.4, 0.5) is 11.4 Å². The van der Waals surface area contributed by atoms with E-state index in [-0.39, 0.29) is 11.5 Å². The van der Waals surface area contributed by atoms with Gasteiger partial charge in [-0.2, -0.15) is 0 Å². The molecule has 0 atom stereocenters. The summed E-state index contributed by atoms with van der Waals surface area (Å²) in [6.45, 7) is 6.18. The Morgan fingerprint density at radius 1 is 1.17 bits per heavy atom. The molecule has 0 aromatic heterocycles. The van der Waals surface area contributed by atoms with E-state index in [1.165, 1.54) is 12.1 Å². The van der Waals surface area contributed by atoms with Crippen LogP contribution < -0.4 is 4.90 Å². The van der Waals surface area contributed by atoms with E-state index < -0.39 is 5.97 Å². The lowest BCUT2D eigenvalue weighted by Gasteiger charge is -2.16. The zero-order chi connectivity index (χ0) is 17.3. The molecule has 120 valence electrons. The zero-order valence-electron chi connectivity index (χ0n) is 13.2. The molecule has 24 heavy (non-hydrogen) atoms. The number of para-hydroxylation sites is 1. The summed E-state index contributed by atoms with van der Waals surface area (Å²) in [7, 11) is 0. The Bertz CT molecular complexity index is 866. The van der Waals surface area contributed by atoms with Crippen molar-refractivity contribution in [2.24, 2.45) is 4.99 Å². The fourth-order valence-electron chi connectivity index (χ4n) is 2.60. The smallest absolute Gasteiger partial charge is 0.335 e. The lowest BCUT2D eigenvalue weighted by Crippen LogP contribution is -2.31. The number of aromatic carboxylic acids is 1. The highest BCUT2D eigenvalue weighted by Gasteiger charge is 2.33. The number of carboxylic acid groups (broad SMARTS) is 1. The molecule has 0 saturated carbocycles. The second-order valence-electron chi connectivity index (χ2n) is 5.68. The summed E-state index contributed by atoms with van der Waals surface area (Å²) < 4.78 is 0. The standard InChI is InChI=1S/C19H16N2O3/c1-12(2)11-21-16-6-4-3-5-15(16)17(18(21)22)20-14-9-7-13(8-10-14)19(23)24/h3-10H,1,11H2,2H3,(H,23,24). The molecule has 0 unspecified atom stereocenters. The molecule has 2 aromatic rings. The molecule has 0 fully saturated rings. The molecule has 1 aliphatic heterocycles. The lowest BCUT2D eigenvalue weighted by atomic mass is 10.1. The van der Waals surface area contributed by atoms with Gasteiger partial charge in [0.05, 0.1) is 16.9 Å². The molecular formula is C19H16N2O3. The van der Waals surface area contributed by atoms with Gasteiger partial charge in [-0.1, -0.05) is 30.4 Å². The zero-order valence-corrected chi connectivity index (χ0v) is 13.2. The maximum Gasteiger partial charge on any atom is 0.335 e. The Hall–Kier alpha value is -3.21. The van der Waals surface area contributed by atoms with Gasteiger partial charge in [0.1, 0.15) is 5.71 Å². The predicted octanol–water partition coefficient (Wildman–Crippen LogP) is 3.43. The highest BCUT2D eigenvalue weighted by molar-refractivity contribution is 6.54. The molecule has 1 heterocycles. The van der Waals surface area contributed by atoms with Crippen LogP contribution >= 0.6 is 0 Å². The molecule has 0 spiro atoms. The van der Waals surface area contributed by atoms with Crippen LogP contribution in [-0.4, -0.2) is 29.2 Å². The van der Waals surface area contributed by atoms with Crippen molar-refractivity contribution in [3.63, 3.8) is 0 Å². The van der Waals surface area contributed by atoms with Gasteiger partial charge < -0.3 is 10.0 Å². The average Bonchev–Trinajstić information content (AvgIpc) is 2.81. The minimum atomic E-state index is -0.996. The summed E-state index contributed by atoms with van der Waals surface area (Å²) in [6, 6.07) is 13.6. The van der Waals surface area contributed by atoms with Crippen LogP contribution in [-0.2, 0) is 4.79 Å². The van der Waals surface area contributed by atoms with Gasteiger partial charge in [-0.25, -0.2) is 9.79 Å². The van der Waals surface area contributed by atoms with Crippen molar-refractivity contribution in [2.45, 2.75) is 6.92 Å². The van der Waals surface area contributed by atoms with E-state index in [1.807, 2.05) is 31.2 Å². The Labute approximate surface area is 139 Å². The first-order valence-electron chi connectivity index (χ1n) is 7.45. The summed E-state index contributed by atoms with van der Waals surface area (Å²) >= 11 is 0. The molecular weight excluding hydrogens is 304 g/mol. The van der Waals surface area contributed by atoms with Crippen molar-refractivity contribution in [2.75, 3.05) is 11.4 Å². The van der Waals surface area contributed by atoms with E-state index in [2.05, 4.69) is 11.6 Å². The molecule has 1 amide bonds. The molecule has 3 rings (SSSR count). The van der Waals surface area contributed by atoms with Gasteiger partial charge in [0.15, 0.2) is 0 Å². The van der Waals surface area contributed by atoms with Crippen LogP contribution in [0.15, 0.2) is 65.7 Å². The van der Waals surface area contributed by atoms with Gasteiger partial charge in [0, 0.05) is 12.1 Å². The van der Waals surface area contributed by atoms with E-state index in [9.17, 15) is 9.59 Å². The van der Waals surface area contributed by atoms with E-state index >= 15 is 0 Å². The number of hydrogen-bond donors (Lipinski definition) is 1. The third kappa shape index (κ3) is 2.84. The highest BCUT2D eigenvalue weighted by Crippen LogP contribution is 2.31. The lowest BCUT2D eigenvalue weighted by molar-refractivity contribution is -0.112. The summed E-state index contributed by atoms with van der Waals surface area (Å²) in [5, 5.41) is 8.95. The van der Waals surface area contributed by atoms with Crippen molar-refractivity contribution in [1.82, 2.24) is 0 Å². The molecule has 2 aromatic carbocycles. The maximum atomic E-state index is 12.7. The van der Waals surface area contributed by atoms with E-state index in [1.54, 1.807) is 17.0 Å². The second-order valence-corrected chi connectivity index (χ2v) is 5.68. The largest absolute Gasteiger partial charge is 0.478 e. The van der Waals surface area contributed by atoms with Crippen molar-refractivity contribution in [1.29, 1.82) is 0 Å². The quantitative estimate of drug-likeness (QED) is 0.877. The normalized spacial score (nSPS) is 14.8. The summed E-state index contributed by atoms with van der Waals surface area (Å²) in [5.74, 6) is -1.18. The molecule has 0 saturated heterocycles. The number of anilines is 1. The number of hydrogen-bond acceptors (Lipinski definition) is 3. The predicted molar refractivity (Wildman–Crippen MR) is 93.2 cm³/mol.